The number of amides is 1. The highest BCUT2D eigenvalue weighted by atomic mass is 16.5. The maximum atomic E-state index is 11.7. The summed E-state index contributed by atoms with van der Waals surface area (Å²) >= 11 is 0. The lowest BCUT2D eigenvalue weighted by atomic mass is 10.5. The van der Waals surface area contributed by atoms with Gasteiger partial charge < -0.3 is 15.8 Å². The van der Waals surface area contributed by atoms with Gasteiger partial charge in [-0.25, -0.2) is 4.68 Å². The van der Waals surface area contributed by atoms with Gasteiger partial charge in [-0.1, -0.05) is 0 Å². The van der Waals surface area contributed by atoms with Gasteiger partial charge in [0.15, 0.2) is 5.82 Å². The largest absolute Gasteiger partial charge is 0.481 e. The highest BCUT2D eigenvalue weighted by molar-refractivity contribution is 5.89. The van der Waals surface area contributed by atoms with Gasteiger partial charge in [-0.2, -0.15) is 10.2 Å². The fourth-order valence-electron chi connectivity index (χ4n) is 1.50. The van der Waals surface area contributed by atoms with Crippen molar-refractivity contribution >= 4 is 17.4 Å². The lowest BCUT2D eigenvalue weighted by Crippen LogP contribution is -2.19. The molecule has 3 N–H and O–H groups in total. The predicted molar refractivity (Wildman–Crippen MR) is 65.0 cm³/mol. The number of rotatable bonds is 4. The predicted octanol–water partition coefficient (Wildman–Crippen LogP) is -0.154. The second-order valence-corrected chi connectivity index (χ2v) is 3.71. The molecule has 2 rings (SSSR count). The molecule has 0 saturated heterocycles. The van der Waals surface area contributed by atoms with E-state index >= 15 is 0 Å². The fourth-order valence-corrected chi connectivity index (χ4v) is 1.50. The van der Waals surface area contributed by atoms with Gasteiger partial charge >= 0.3 is 0 Å². The summed E-state index contributed by atoms with van der Waals surface area (Å²) in [7, 11) is 3.26. The fraction of sp³-hybridized carbons (Fsp3) is 0.300. The minimum Gasteiger partial charge on any atom is -0.481 e. The van der Waals surface area contributed by atoms with Gasteiger partial charge in [0.25, 0.3) is 0 Å². The number of nitrogens with zero attached hydrogens (tertiary/aromatic N) is 4. The normalized spacial score (nSPS) is 10.3. The summed E-state index contributed by atoms with van der Waals surface area (Å²) in [6.45, 7) is 0.0795. The summed E-state index contributed by atoms with van der Waals surface area (Å²) in [5.41, 5.74) is 6.02. The molecule has 0 aliphatic carbocycles. The van der Waals surface area contributed by atoms with Crippen molar-refractivity contribution in [3.05, 3.63) is 18.5 Å². The number of hydrogen-bond acceptors (Lipinski definition) is 5. The van der Waals surface area contributed by atoms with Crippen molar-refractivity contribution in [3.63, 3.8) is 0 Å². The zero-order chi connectivity index (χ0) is 13.1. The van der Waals surface area contributed by atoms with Crippen molar-refractivity contribution in [1.29, 1.82) is 0 Å². The van der Waals surface area contributed by atoms with Crippen LogP contribution in [-0.2, 0) is 18.4 Å². The summed E-state index contributed by atoms with van der Waals surface area (Å²) < 4.78 is 8.02. The van der Waals surface area contributed by atoms with Gasteiger partial charge in [-0.3, -0.25) is 9.48 Å². The van der Waals surface area contributed by atoms with Crippen molar-refractivity contribution < 1.29 is 9.53 Å². The molecule has 2 aromatic rings. The molecule has 0 bridgehead atoms. The van der Waals surface area contributed by atoms with E-state index in [4.69, 9.17) is 10.5 Å². The number of hydrogen-bond donors (Lipinski definition) is 2. The van der Waals surface area contributed by atoms with Gasteiger partial charge in [0.05, 0.1) is 19.0 Å². The number of ether oxygens (including phenoxy) is 1. The summed E-state index contributed by atoms with van der Waals surface area (Å²) in [4.78, 5) is 11.7. The van der Waals surface area contributed by atoms with Crippen molar-refractivity contribution in [2.24, 2.45) is 7.05 Å². The van der Waals surface area contributed by atoms with Crippen LogP contribution in [0.25, 0.3) is 0 Å². The second-order valence-electron chi connectivity index (χ2n) is 3.71. The Balaban J connectivity index is 1.98. The SMILES string of the molecule is COc1cc(NC(=O)Cn2cc(N)cn2)nn1C. The van der Waals surface area contributed by atoms with E-state index in [0.29, 0.717) is 17.4 Å². The highest BCUT2D eigenvalue weighted by Gasteiger charge is 2.09. The first-order chi connectivity index (χ1) is 8.58. The average molecular weight is 250 g/mol. The van der Waals surface area contributed by atoms with Crippen LogP contribution < -0.4 is 15.8 Å². The molecule has 0 aliphatic rings. The van der Waals surface area contributed by atoms with Crippen LogP contribution in [0.2, 0.25) is 0 Å². The molecule has 8 nitrogen and oxygen atoms in total. The monoisotopic (exact) mass is 250 g/mol. The van der Waals surface area contributed by atoms with Crippen LogP contribution in [-0.4, -0.2) is 32.6 Å². The van der Waals surface area contributed by atoms with E-state index in [2.05, 4.69) is 15.5 Å². The maximum Gasteiger partial charge on any atom is 0.247 e. The van der Waals surface area contributed by atoms with Crippen molar-refractivity contribution in [1.82, 2.24) is 19.6 Å². The topological polar surface area (TPSA) is 100.0 Å². The van der Waals surface area contributed by atoms with E-state index in [1.807, 2.05) is 0 Å². The van der Waals surface area contributed by atoms with Gasteiger partial charge in [0, 0.05) is 19.3 Å². The number of nitrogen functional groups attached to an aromatic ring is 1. The molecule has 0 radical (unpaired) electrons. The van der Waals surface area contributed by atoms with Crippen LogP contribution in [0.3, 0.4) is 0 Å². The first-order valence-electron chi connectivity index (χ1n) is 5.24. The van der Waals surface area contributed by atoms with E-state index in [0.717, 1.165) is 0 Å². The average Bonchev–Trinajstić information content (AvgIpc) is 2.85. The molecule has 8 heteroatoms. The molecule has 1 amide bonds. The Hall–Kier alpha value is -2.51. The maximum absolute atomic E-state index is 11.7. The number of methoxy groups -OCH3 is 1. The van der Waals surface area contributed by atoms with Crippen LogP contribution in [0.4, 0.5) is 11.5 Å². The number of carbonyl (C=O) groups excluding carboxylic acids is 1. The summed E-state index contributed by atoms with van der Waals surface area (Å²) in [5, 5.41) is 10.6. The van der Waals surface area contributed by atoms with Crippen molar-refractivity contribution in [3.8, 4) is 5.88 Å². The van der Waals surface area contributed by atoms with E-state index in [1.165, 1.54) is 22.7 Å². The summed E-state index contributed by atoms with van der Waals surface area (Å²) in [5.74, 6) is 0.756. The lowest BCUT2D eigenvalue weighted by molar-refractivity contribution is -0.116. The number of nitrogens with one attached hydrogen (secondary N) is 1. The molecule has 0 fully saturated rings. The quantitative estimate of drug-likeness (QED) is 0.785. The second kappa shape index (κ2) is 4.78. The van der Waals surface area contributed by atoms with Crippen molar-refractivity contribution in [2.45, 2.75) is 6.54 Å². The standard InChI is InChI=1S/C10H14N6O2/c1-15-10(18-2)3-8(14-15)13-9(17)6-16-5-7(11)4-12-16/h3-5H,6,11H2,1-2H3,(H,13,14,17). The molecule has 0 aromatic carbocycles. The molecule has 18 heavy (non-hydrogen) atoms. The number of aryl methyl sites for hydroxylation is 1. The Morgan fingerprint density at radius 3 is 2.94 bits per heavy atom. The smallest absolute Gasteiger partial charge is 0.247 e. The molecule has 96 valence electrons. The van der Waals surface area contributed by atoms with Crippen LogP contribution >= 0.6 is 0 Å². The Bertz CT molecular complexity index is 558. The van der Waals surface area contributed by atoms with Crippen LogP contribution in [0, 0.1) is 0 Å². The van der Waals surface area contributed by atoms with E-state index in [1.54, 1.807) is 19.3 Å². The molecule has 0 saturated carbocycles. The molecule has 0 spiro atoms. The zero-order valence-electron chi connectivity index (χ0n) is 10.1. The van der Waals surface area contributed by atoms with Gasteiger partial charge in [-0.15, -0.1) is 0 Å². The molecule has 2 heterocycles. The van der Waals surface area contributed by atoms with E-state index in [-0.39, 0.29) is 12.5 Å². The first kappa shape index (κ1) is 12.0. The van der Waals surface area contributed by atoms with E-state index in [9.17, 15) is 4.79 Å². The molecular weight excluding hydrogens is 236 g/mol. The molecule has 0 aliphatic heterocycles. The summed E-state index contributed by atoms with van der Waals surface area (Å²) in [6.07, 6.45) is 3.07. The third kappa shape index (κ3) is 2.59. The molecule has 2 aromatic heterocycles. The highest BCUT2D eigenvalue weighted by Crippen LogP contribution is 2.14. The van der Waals surface area contributed by atoms with Crippen LogP contribution in [0.1, 0.15) is 0 Å². The number of aromatic nitrogens is 4. The Labute approximate surface area is 103 Å². The molecular formula is C10H14N6O2. The van der Waals surface area contributed by atoms with Crippen LogP contribution in [0.5, 0.6) is 5.88 Å². The Kier molecular flexibility index (Phi) is 3.18. The van der Waals surface area contributed by atoms with Gasteiger partial charge in [-0.05, 0) is 0 Å². The first-order valence-corrected chi connectivity index (χ1v) is 5.24. The number of nitrogens with two attached hydrogens (primary N) is 1. The third-order valence-electron chi connectivity index (χ3n) is 2.27. The van der Waals surface area contributed by atoms with Gasteiger partial charge in [0.2, 0.25) is 11.8 Å². The minimum absolute atomic E-state index is 0.0795. The third-order valence-corrected chi connectivity index (χ3v) is 2.27. The number of carbonyl (C=O) groups is 1. The number of anilines is 2. The zero-order valence-corrected chi connectivity index (χ0v) is 10.1. The molecule has 0 unspecified atom stereocenters. The van der Waals surface area contributed by atoms with E-state index < -0.39 is 0 Å². The molecule has 0 atom stereocenters. The van der Waals surface area contributed by atoms with Crippen LogP contribution in [0.15, 0.2) is 18.5 Å². The Morgan fingerprint density at radius 2 is 2.39 bits per heavy atom. The van der Waals surface area contributed by atoms with Gasteiger partial charge in [0.1, 0.15) is 6.54 Å². The minimum atomic E-state index is -0.237. The summed E-state index contributed by atoms with van der Waals surface area (Å²) in [6, 6.07) is 1.63. The van der Waals surface area contributed by atoms with Crippen molar-refractivity contribution in [2.75, 3.05) is 18.2 Å². The lowest BCUT2D eigenvalue weighted by Gasteiger charge is -2.01. The Morgan fingerprint density at radius 1 is 1.61 bits per heavy atom.